The van der Waals surface area contributed by atoms with Crippen LogP contribution < -0.4 is 10.2 Å². The standard InChI is InChI=1S/C16H20N2O4S/c19-15-8-13(10-18(15)14-4-2-1-3-5-14)16(20)17-9-12-6-7-23(21,22)11-12/h1-5,12-13H,6-11H2,(H,17,20)/t12-,13-/m0/s1. The van der Waals surface area contributed by atoms with Gasteiger partial charge < -0.3 is 10.2 Å². The van der Waals surface area contributed by atoms with Crippen molar-refractivity contribution in [2.75, 3.05) is 29.5 Å². The molecule has 2 saturated heterocycles. The summed E-state index contributed by atoms with van der Waals surface area (Å²) in [6, 6.07) is 9.29. The van der Waals surface area contributed by atoms with E-state index in [2.05, 4.69) is 5.32 Å². The van der Waals surface area contributed by atoms with Gasteiger partial charge in [-0.2, -0.15) is 0 Å². The predicted molar refractivity (Wildman–Crippen MR) is 86.7 cm³/mol. The number of nitrogens with one attached hydrogen (secondary N) is 1. The zero-order valence-electron chi connectivity index (χ0n) is 12.8. The van der Waals surface area contributed by atoms with Crippen LogP contribution in [0.25, 0.3) is 0 Å². The van der Waals surface area contributed by atoms with E-state index in [0.717, 1.165) is 5.69 Å². The number of hydrogen-bond acceptors (Lipinski definition) is 4. The van der Waals surface area contributed by atoms with Crippen LogP contribution in [-0.2, 0) is 19.4 Å². The van der Waals surface area contributed by atoms with Crippen LogP contribution in [0.2, 0.25) is 0 Å². The highest BCUT2D eigenvalue weighted by Gasteiger charge is 2.35. The number of hydrogen-bond donors (Lipinski definition) is 1. The summed E-state index contributed by atoms with van der Waals surface area (Å²) >= 11 is 0. The van der Waals surface area contributed by atoms with Crippen LogP contribution >= 0.6 is 0 Å². The zero-order valence-corrected chi connectivity index (χ0v) is 13.6. The van der Waals surface area contributed by atoms with E-state index in [0.29, 0.717) is 19.5 Å². The van der Waals surface area contributed by atoms with Gasteiger partial charge in [-0.25, -0.2) is 8.42 Å². The highest BCUT2D eigenvalue weighted by Crippen LogP contribution is 2.25. The smallest absolute Gasteiger partial charge is 0.227 e. The first-order valence-corrected chi connectivity index (χ1v) is 9.60. The Bertz CT molecular complexity index is 702. The first-order chi connectivity index (χ1) is 10.9. The Morgan fingerprint density at radius 1 is 1.26 bits per heavy atom. The number of carbonyl (C=O) groups is 2. The highest BCUT2D eigenvalue weighted by molar-refractivity contribution is 7.91. The van der Waals surface area contributed by atoms with Crippen LogP contribution in [0.5, 0.6) is 0 Å². The topological polar surface area (TPSA) is 83.5 Å². The lowest BCUT2D eigenvalue weighted by molar-refractivity contribution is -0.126. The van der Waals surface area contributed by atoms with Crippen LogP contribution in [-0.4, -0.2) is 44.8 Å². The molecule has 2 heterocycles. The van der Waals surface area contributed by atoms with Crippen LogP contribution in [0.15, 0.2) is 30.3 Å². The molecule has 124 valence electrons. The Morgan fingerprint density at radius 3 is 2.65 bits per heavy atom. The van der Waals surface area contributed by atoms with Crippen molar-refractivity contribution < 1.29 is 18.0 Å². The lowest BCUT2D eigenvalue weighted by Crippen LogP contribution is -2.36. The number of para-hydroxylation sites is 1. The van der Waals surface area contributed by atoms with E-state index >= 15 is 0 Å². The summed E-state index contributed by atoms with van der Waals surface area (Å²) < 4.78 is 22.8. The minimum atomic E-state index is -2.93. The number of anilines is 1. The third-order valence-electron chi connectivity index (χ3n) is 4.46. The van der Waals surface area contributed by atoms with Gasteiger partial charge in [0.1, 0.15) is 0 Å². The molecule has 0 saturated carbocycles. The molecule has 23 heavy (non-hydrogen) atoms. The number of sulfone groups is 1. The summed E-state index contributed by atoms with van der Waals surface area (Å²) in [4.78, 5) is 26.0. The molecule has 6 nitrogen and oxygen atoms in total. The zero-order chi connectivity index (χ0) is 16.4. The predicted octanol–water partition coefficient (Wildman–Crippen LogP) is 0.590. The molecule has 3 rings (SSSR count). The maximum Gasteiger partial charge on any atom is 0.227 e. The van der Waals surface area contributed by atoms with Gasteiger partial charge in [-0.05, 0) is 24.5 Å². The molecule has 0 radical (unpaired) electrons. The summed E-state index contributed by atoms with van der Waals surface area (Å²) in [6.45, 7) is 0.742. The molecule has 1 aromatic rings. The molecular formula is C16H20N2O4S. The van der Waals surface area contributed by atoms with E-state index < -0.39 is 9.84 Å². The van der Waals surface area contributed by atoms with Crippen LogP contribution in [0.3, 0.4) is 0 Å². The largest absolute Gasteiger partial charge is 0.355 e. The van der Waals surface area contributed by atoms with Gasteiger partial charge in [0.15, 0.2) is 9.84 Å². The van der Waals surface area contributed by atoms with E-state index in [1.807, 2.05) is 30.3 Å². The monoisotopic (exact) mass is 336 g/mol. The lowest BCUT2D eigenvalue weighted by atomic mass is 10.1. The molecule has 2 atom stereocenters. The third kappa shape index (κ3) is 3.72. The van der Waals surface area contributed by atoms with Crippen molar-refractivity contribution in [1.29, 1.82) is 0 Å². The maximum absolute atomic E-state index is 12.2. The fraction of sp³-hybridized carbons (Fsp3) is 0.500. The lowest BCUT2D eigenvalue weighted by Gasteiger charge is -2.17. The molecule has 0 aromatic heterocycles. The molecule has 0 aliphatic carbocycles. The second-order valence-electron chi connectivity index (χ2n) is 6.26. The first kappa shape index (κ1) is 16.0. The summed E-state index contributed by atoms with van der Waals surface area (Å²) in [5, 5.41) is 2.81. The van der Waals surface area contributed by atoms with E-state index in [4.69, 9.17) is 0 Å². The van der Waals surface area contributed by atoms with Crippen molar-refractivity contribution in [3.63, 3.8) is 0 Å². The number of benzene rings is 1. The molecule has 1 aromatic carbocycles. The molecule has 0 spiro atoms. The maximum atomic E-state index is 12.2. The van der Waals surface area contributed by atoms with Crippen molar-refractivity contribution in [3.05, 3.63) is 30.3 Å². The van der Waals surface area contributed by atoms with Crippen LogP contribution in [0.4, 0.5) is 5.69 Å². The number of rotatable bonds is 4. The Morgan fingerprint density at radius 2 is 2.00 bits per heavy atom. The number of nitrogens with zero attached hydrogens (tertiary/aromatic N) is 1. The average Bonchev–Trinajstić information content (AvgIpc) is 3.08. The Labute approximate surface area is 135 Å². The third-order valence-corrected chi connectivity index (χ3v) is 6.29. The van der Waals surface area contributed by atoms with Gasteiger partial charge in [-0.15, -0.1) is 0 Å². The Balaban J connectivity index is 1.54. The number of amides is 2. The van der Waals surface area contributed by atoms with Gasteiger partial charge in [-0.3, -0.25) is 9.59 Å². The molecule has 2 amide bonds. The van der Waals surface area contributed by atoms with E-state index in [9.17, 15) is 18.0 Å². The molecular weight excluding hydrogens is 316 g/mol. The second kappa shape index (κ2) is 6.31. The molecule has 7 heteroatoms. The molecule has 0 bridgehead atoms. The van der Waals surface area contributed by atoms with Crippen molar-refractivity contribution >= 4 is 27.3 Å². The number of carbonyl (C=O) groups excluding carboxylic acids is 2. The van der Waals surface area contributed by atoms with Gasteiger partial charge in [0.05, 0.1) is 17.4 Å². The van der Waals surface area contributed by atoms with Crippen molar-refractivity contribution in [1.82, 2.24) is 5.32 Å². The van der Waals surface area contributed by atoms with E-state index in [1.165, 1.54) is 0 Å². The van der Waals surface area contributed by atoms with Crippen LogP contribution in [0.1, 0.15) is 12.8 Å². The van der Waals surface area contributed by atoms with Gasteiger partial charge in [-0.1, -0.05) is 18.2 Å². The van der Waals surface area contributed by atoms with Gasteiger partial charge in [0.2, 0.25) is 11.8 Å². The quantitative estimate of drug-likeness (QED) is 0.872. The Kier molecular flexibility index (Phi) is 4.39. The van der Waals surface area contributed by atoms with Crippen molar-refractivity contribution in [2.24, 2.45) is 11.8 Å². The second-order valence-corrected chi connectivity index (χ2v) is 8.48. The summed E-state index contributed by atoms with van der Waals surface area (Å²) in [7, 11) is -2.93. The van der Waals surface area contributed by atoms with Crippen molar-refractivity contribution in [2.45, 2.75) is 12.8 Å². The molecule has 1 N–H and O–H groups in total. The summed E-state index contributed by atoms with van der Waals surface area (Å²) in [5.41, 5.74) is 0.801. The van der Waals surface area contributed by atoms with Gasteiger partial charge >= 0.3 is 0 Å². The SMILES string of the molecule is O=C(NC[C@@H]1CCS(=O)(=O)C1)[C@H]1CC(=O)N(c2ccccc2)C1. The van der Waals surface area contributed by atoms with E-state index in [1.54, 1.807) is 4.90 Å². The normalized spacial score (nSPS) is 26.4. The molecule has 2 aliphatic heterocycles. The van der Waals surface area contributed by atoms with Gasteiger partial charge in [0, 0.05) is 25.2 Å². The Hall–Kier alpha value is -1.89. The summed E-state index contributed by atoms with van der Waals surface area (Å²) in [5.74, 6) is -0.252. The molecule has 2 aliphatic rings. The fourth-order valence-electron chi connectivity index (χ4n) is 3.16. The van der Waals surface area contributed by atoms with Crippen LogP contribution in [0, 0.1) is 11.8 Å². The average molecular weight is 336 g/mol. The van der Waals surface area contributed by atoms with E-state index in [-0.39, 0.29) is 41.6 Å². The highest BCUT2D eigenvalue weighted by atomic mass is 32.2. The van der Waals surface area contributed by atoms with Crippen molar-refractivity contribution in [3.8, 4) is 0 Å². The molecule has 0 unspecified atom stereocenters. The van der Waals surface area contributed by atoms with Gasteiger partial charge in [0.25, 0.3) is 0 Å². The fourth-order valence-corrected chi connectivity index (χ4v) is 5.02. The minimum Gasteiger partial charge on any atom is -0.355 e. The first-order valence-electron chi connectivity index (χ1n) is 7.78. The molecule has 2 fully saturated rings. The summed E-state index contributed by atoms with van der Waals surface area (Å²) in [6.07, 6.45) is 0.798. The minimum absolute atomic E-state index is 0.00807.